The van der Waals surface area contributed by atoms with Crippen LogP contribution in [-0.2, 0) is 14.3 Å². The quantitative estimate of drug-likeness (QED) is 0.583. The molecule has 3 heteroatoms. The lowest BCUT2D eigenvalue weighted by Crippen LogP contribution is -2.36. The van der Waals surface area contributed by atoms with Gasteiger partial charge >= 0.3 is 0 Å². The number of carbonyl (C=O) groups excluding carboxylic acids is 1. The van der Waals surface area contributed by atoms with E-state index in [0.29, 0.717) is 11.8 Å². The minimum Gasteiger partial charge on any atom is -0.344 e. The van der Waals surface area contributed by atoms with Crippen LogP contribution in [0.15, 0.2) is 23.3 Å². The van der Waals surface area contributed by atoms with E-state index < -0.39 is 5.79 Å². The van der Waals surface area contributed by atoms with Gasteiger partial charge in [0.15, 0.2) is 11.6 Å². The van der Waals surface area contributed by atoms with Crippen molar-refractivity contribution in [3.8, 4) is 0 Å². The molecule has 1 saturated carbocycles. The highest BCUT2D eigenvalue weighted by Crippen LogP contribution is 2.59. The molecule has 3 aliphatic rings. The van der Waals surface area contributed by atoms with Crippen LogP contribution in [0.5, 0.6) is 0 Å². The SMILES string of the molecule is C/C1=C/CC[C@H](C)C(=O)/C=C2/[C@H]3OC(C)(C)O[C@H]3[C@H](C(C)C)[C@@]2(C)CC1. The van der Waals surface area contributed by atoms with Gasteiger partial charge in [0.05, 0.1) is 6.10 Å². The summed E-state index contributed by atoms with van der Waals surface area (Å²) >= 11 is 0. The van der Waals surface area contributed by atoms with Crippen molar-refractivity contribution in [3.63, 3.8) is 0 Å². The molecule has 0 spiro atoms. The fourth-order valence-electron chi connectivity index (χ4n) is 5.42. The topological polar surface area (TPSA) is 35.5 Å². The zero-order valence-electron chi connectivity index (χ0n) is 17.6. The number of hydrogen-bond acceptors (Lipinski definition) is 3. The molecule has 0 N–H and O–H groups in total. The van der Waals surface area contributed by atoms with E-state index in [1.165, 1.54) is 11.1 Å². The fourth-order valence-corrected chi connectivity index (χ4v) is 5.42. The van der Waals surface area contributed by atoms with Crippen LogP contribution in [0.2, 0.25) is 0 Å². The van der Waals surface area contributed by atoms with Crippen LogP contribution in [0.25, 0.3) is 0 Å². The zero-order chi connectivity index (χ0) is 19.3. The molecule has 0 amide bonds. The summed E-state index contributed by atoms with van der Waals surface area (Å²) in [7, 11) is 0. The molecule has 3 rings (SSSR count). The van der Waals surface area contributed by atoms with Gasteiger partial charge in [-0.2, -0.15) is 0 Å². The monoisotopic (exact) mass is 360 g/mol. The molecule has 146 valence electrons. The maximum absolute atomic E-state index is 12.9. The van der Waals surface area contributed by atoms with E-state index in [9.17, 15) is 4.79 Å². The Morgan fingerprint density at radius 1 is 1.19 bits per heavy atom. The average Bonchev–Trinajstić information content (AvgIpc) is 2.93. The molecule has 0 aromatic heterocycles. The van der Waals surface area contributed by atoms with Crippen molar-refractivity contribution in [2.45, 2.75) is 92.1 Å². The predicted octanol–water partition coefficient (Wildman–Crippen LogP) is 5.45. The Kier molecular flexibility index (Phi) is 5.26. The Labute approximate surface area is 159 Å². The molecule has 2 aliphatic carbocycles. The highest BCUT2D eigenvalue weighted by molar-refractivity contribution is 5.92. The maximum atomic E-state index is 12.9. The van der Waals surface area contributed by atoms with Crippen molar-refractivity contribution in [2.24, 2.45) is 23.2 Å². The van der Waals surface area contributed by atoms with E-state index >= 15 is 0 Å². The molecular formula is C23H36O3. The van der Waals surface area contributed by atoms with Gasteiger partial charge in [-0.1, -0.05) is 39.3 Å². The van der Waals surface area contributed by atoms with Crippen LogP contribution in [0, 0.1) is 23.2 Å². The molecule has 0 radical (unpaired) electrons. The van der Waals surface area contributed by atoms with E-state index in [1.54, 1.807) is 0 Å². The van der Waals surface area contributed by atoms with Crippen LogP contribution in [0.1, 0.15) is 74.1 Å². The first kappa shape index (κ1) is 19.8. The Bertz CT molecular complexity index is 627. The molecule has 0 unspecified atom stereocenters. The van der Waals surface area contributed by atoms with E-state index in [0.717, 1.165) is 25.7 Å². The lowest BCUT2D eigenvalue weighted by molar-refractivity contribution is -0.162. The van der Waals surface area contributed by atoms with Crippen molar-refractivity contribution >= 4 is 5.78 Å². The number of hydrogen-bond donors (Lipinski definition) is 0. The Morgan fingerprint density at radius 2 is 1.88 bits per heavy atom. The van der Waals surface area contributed by atoms with Gasteiger partial charge in [0.25, 0.3) is 0 Å². The fraction of sp³-hybridized carbons (Fsp3) is 0.783. The minimum atomic E-state index is -0.582. The molecule has 1 heterocycles. The standard InChI is InChI=1S/C23H36O3/c1-14(2)19-21-20(25-22(5,6)26-21)17-13-18(24)16(4)10-8-9-15(3)11-12-23(17,19)7/h9,13-14,16,19-21H,8,10-12H2,1-7H3/b15-9-,17-13-/t16-,19-,20+,21-,23-/m0/s1. The minimum absolute atomic E-state index is 0.0385. The van der Waals surface area contributed by atoms with Gasteiger partial charge in [0.2, 0.25) is 0 Å². The number of ether oxygens (including phenoxy) is 2. The number of rotatable bonds is 1. The summed E-state index contributed by atoms with van der Waals surface area (Å²) in [5, 5.41) is 0. The van der Waals surface area contributed by atoms with Gasteiger partial charge in [-0.3, -0.25) is 4.79 Å². The summed E-state index contributed by atoms with van der Waals surface area (Å²) in [5.74, 6) is 0.549. The number of fused-ring (bicyclic) bond motifs is 3. The third-order valence-corrected chi connectivity index (χ3v) is 6.82. The highest BCUT2D eigenvalue weighted by atomic mass is 16.8. The van der Waals surface area contributed by atoms with Gasteiger partial charge in [-0.25, -0.2) is 0 Å². The van der Waals surface area contributed by atoms with E-state index in [1.807, 2.05) is 19.9 Å². The third kappa shape index (κ3) is 3.45. The molecule has 1 aliphatic heterocycles. The van der Waals surface area contributed by atoms with Gasteiger partial charge in [-0.05, 0) is 75.4 Å². The van der Waals surface area contributed by atoms with Crippen LogP contribution in [0.4, 0.5) is 0 Å². The van der Waals surface area contributed by atoms with Crippen LogP contribution >= 0.6 is 0 Å². The van der Waals surface area contributed by atoms with E-state index in [4.69, 9.17) is 9.47 Å². The van der Waals surface area contributed by atoms with E-state index in [-0.39, 0.29) is 29.3 Å². The molecule has 2 fully saturated rings. The molecule has 0 bridgehead atoms. The summed E-state index contributed by atoms with van der Waals surface area (Å²) < 4.78 is 12.7. The molecule has 3 nitrogen and oxygen atoms in total. The lowest BCUT2D eigenvalue weighted by atomic mass is 9.68. The Morgan fingerprint density at radius 3 is 2.54 bits per heavy atom. The van der Waals surface area contributed by atoms with Crippen LogP contribution in [0.3, 0.4) is 0 Å². The summed E-state index contributed by atoms with van der Waals surface area (Å²) in [6.07, 6.45) is 8.24. The van der Waals surface area contributed by atoms with Gasteiger partial charge in [-0.15, -0.1) is 0 Å². The van der Waals surface area contributed by atoms with Gasteiger partial charge in [0.1, 0.15) is 6.10 Å². The largest absolute Gasteiger partial charge is 0.344 e. The second-order valence-corrected chi connectivity index (χ2v) is 9.74. The normalized spacial score (nSPS) is 44.5. The van der Waals surface area contributed by atoms with Crippen LogP contribution in [-0.4, -0.2) is 23.8 Å². The second-order valence-electron chi connectivity index (χ2n) is 9.74. The molecule has 5 atom stereocenters. The zero-order valence-corrected chi connectivity index (χ0v) is 17.6. The predicted molar refractivity (Wildman–Crippen MR) is 105 cm³/mol. The summed E-state index contributed by atoms with van der Waals surface area (Å²) in [4.78, 5) is 12.9. The Hall–Kier alpha value is -0.930. The van der Waals surface area contributed by atoms with E-state index in [2.05, 4.69) is 40.7 Å². The smallest absolute Gasteiger partial charge is 0.164 e. The molecule has 26 heavy (non-hydrogen) atoms. The van der Waals surface area contributed by atoms with Crippen molar-refractivity contribution in [2.75, 3.05) is 0 Å². The van der Waals surface area contributed by atoms with Crippen LogP contribution < -0.4 is 0 Å². The summed E-state index contributed by atoms with van der Waals surface area (Å²) in [6, 6.07) is 0. The van der Waals surface area contributed by atoms with Gasteiger partial charge < -0.3 is 9.47 Å². The van der Waals surface area contributed by atoms with Crippen molar-refractivity contribution < 1.29 is 14.3 Å². The first-order chi connectivity index (χ1) is 12.0. The lowest BCUT2D eigenvalue weighted by Gasteiger charge is -2.39. The average molecular weight is 361 g/mol. The summed E-state index contributed by atoms with van der Waals surface area (Å²) in [6.45, 7) is 15.2. The number of ketones is 1. The third-order valence-electron chi connectivity index (χ3n) is 6.82. The molecule has 1 saturated heterocycles. The van der Waals surface area contributed by atoms with Gasteiger partial charge in [0, 0.05) is 5.92 Å². The van der Waals surface area contributed by atoms with Crippen molar-refractivity contribution in [3.05, 3.63) is 23.3 Å². The highest BCUT2D eigenvalue weighted by Gasteiger charge is 2.61. The first-order valence-electron chi connectivity index (χ1n) is 10.3. The van der Waals surface area contributed by atoms with Crippen molar-refractivity contribution in [1.82, 2.24) is 0 Å². The summed E-state index contributed by atoms with van der Waals surface area (Å²) in [5.41, 5.74) is 2.56. The number of carbonyl (C=O) groups is 1. The Balaban J connectivity index is 2.09. The first-order valence-corrected chi connectivity index (χ1v) is 10.3. The molecular weight excluding hydrogens is 324 g/mol. The molecule has 0 aromatic rings. The number of allylic oxidation sites excluding steroid dienone is 3. The molecule has 0 aromatic carbocycles. The second kappa shape index (κ2) is 6.91. The maximum Gasteiger partial charge on any atom is 0.164 e. The van der Waals surface area contributed by atoms with Crippen molar-refractivity contribution in [1.29, 1.82) is 0 Å².